The molecule has 0 atom stereocenters. The zero-order valence-electron chi connectivity index (χ0n) is 10.8. The molecule has 0 unspecified atom stereocenters. The fraction of sp³-hybridized carbons (Fsp3) is 0.250. The minimum atomic E-state index is -0.159. The van der Waals surface area contributed by atoms with Crippen LogP contribution in [0.3, 0.4) is 0 Å². The third kappa shape index (κ3) is 3.10. The van der Waals surface area contributed by atoms with Crippen LogP contribution in [0.2, 0.25) is 0 Å². The number of benzene rings is 2. The average Bonchev–Trinajstić information content (AvgIpc) is 2.41. The predicted molar refractivity (Wildman–Crippen MR) is 74.3 cm³/mol. The van der Waals surface area contributed by atoms with Crippen LogP contribution in [0.4, 0.5) is 10.1 Å². The Hall–Kier alpha value is -1.83. The Morgan fingerprint density at radius 1 is 1.00 bits per heavy atom. The molecule has 0 saturated carbocycles. The Balaban J connectivity index is 1.99. The van der Waals surface area contributed by atoms with Gasteiger partial charge in [0.1, 0.15) is 5.82 Å². The van der Waals surface area contributed by atoms with Gasteiger partial charge in [-0.15, -0.1) is 0 Å². The average molecular weight is 243 g/mol. The zero-order valence-corrected chi connectivity index (χ0v) is 10.8. The number of hydrogen-bond donors (Lipinski definition) is 1. The third-order valence-electron chi connectivity index (χ3n) is 3.09. The normalized spacial score (nSPS) is 10.4. The van der Waals surface area contributed by atoms with Crippen LogP contribution < -0.4 is 5.32 Å². The highest BCUT2D eigenvalue weighted by atomic mass is 19.1. The molecule has 0 aliphatic rings. The topological polar surface area (TPSA) is 12.0 Å². The lowest BCUT2D eigenvalue weighted by Gasteiger charge is -2.08. The maximum absolute atomic E-state index is 13.1. The fourth-order valence-corrected chi connectivity index (χ4v) is 1.85. The molecule has 0 aromatic heterocycles. The molecule has 2 heteroatoms. The summed E-state index contributed by atoms with van der Waals surface area (Å²) in [6.07, 6.45) is 1.06. The Kier molecular flexibility index (Phi) is 3.98. The van der Waals surface area contributed by atoms with E-state index in [9.17, 15) is 4.39 Å². The molecule has 2 aromatic carbocycles. The number of aryl methyl sites for hydroxylation is 2. The summed E-state index contributed by atoms with van der Waals surface area (Å²) in [4.78, 5) is 0. The fourth-order valence-electron chi connectivity index (χ4n) is 1.85. The van der Waals surface area contributed by atoms with E-state index in [1.165, 1.54) is 17.2 Å². The molecule has 0 bridgehead atoms. The van der Waals surface area contributed by atoms with Gasteiger partial charge in [0.15, 0.2) is 0 Å². The van der Waals surface area contributed by atoms with Crippen LogP contribution in [0.5, 0.6) is 0 Å². The van der Waals surface area contributed by atoms with Crippen molar-refractivity contribution in [2.24, 2.45) is 0 Å². The first-order chi connectivity index (χ1) is 8.69. The molecule has 0 heterocycles. The first kappa shape index (κ1) is 12.6. The second-order valence-electron chi connectivity index (χ2n) is 4.49. The van der Waals surface area contributed by atoms with Gasteiger partial charge in [-0.3, -0.25) is 0 Å². The Morgan fingerprint density at radius 2 is 1.67 bits per heavy atom. The standard InChI is InChI=1S/C16H18FN/c1-3-13-4-6-14(7-5-13)11-18-15-8-9-16(17)12(2)10-15/h4-10,18H,3,11H2,1-2H3. The Bertz CT molecular complexity index is 517. The highest BCUT2D eigenvalue weighted by Gasteiger charge is 1.99. The molecular weight excluding hydrogens is 225 g/mol. The van der Waals surface area contributed by atoms with E-state index in [0.29, 0.717) is 5.56 Å². The van der Waals surface area contributed by atoms with E-state index in [1.54, 1.807) is 13.0 Å². The Labute approximate surface area is 108 Å². The van der Waals surface area contributed by atoms with Crippen molar-refractivity contribution in [3.05, 3.63) is 65.0 Å². The summed E-state index contributed by atoms with van der Waals surface area (Å²) in [7, 11) is 0. The molecule has 0 radical (unpaired) electrons. The van der Waals surface area contributed by atoms with Crippen LogP contribution in [0.25, 0.3) is 0 Å². The first-order valence-corrected chi connectivity index (χ1v) is 6.27. The number of hydrogen-bond acceptors (Lipinski definition) is 1. The van der Waals surface area contributed by atoms with Crippen LogP contribution in [0.15, 0.2) is 42.5 Å². The summed E-state index contributed by atoms with van der Waals surface area (Å²) in [6, 6.07) is 13.6. The molecule has 0 saturated heterocycles. The maximum Gasteiger partial charge on any atom is 0.126 e. The number of rotatable bonds is 4. The van der Waals surface area contributed by atoms with Crippen molar-refractivity contribution in [1.29, 1.82) is 0 Å². The third-order valence-corrected chi connectivity index (χ3v) is 3.09. The van der Waals surface area contributed by atoms with Crippen molar-refractivity contribution >= 4 is 5.69 Å². The molecule has 1 nitrogen and oxygen atoms in total. The molecule has 2 aromatic rings. The van der Waals surface area contributed by atoms with E-state index in [2.05, 4.69) is 36.5 Å². The number of halogens is 1. The summed E-state index contributed by atoms with van der Waals surface area (Å²) in [5.41, 5.74) is 4.19. The van der Waals surface area contributed by atoms with Crippen LogP contribution in [0.1, 0.15) is 23.6 Å². The highest BCUT2D eigenvalue weighted by Crippen LogP contribution is 2.15. The lowest BCUT2D eigenvalue weighted by atomic mass is 10.1. The lowest BCUT2D eigenvalue weighted by Crippen LogP contribution is -2.00. The minimum Gasteiger partial charge on any atom is -0.381 e. The van der Waals surface area contributed by atoms with E-state index in [1.807, 2.05) is 6.07 Å². The second kappa shape index (κ2) is 5.67. The number of nitrogens with one attached hydrogen (secondary N) is 1. The molecule has 0 spiro atoms. The van der Waals surface area contributed by atoms with Gasteiger partial charge in [0.25, 0.3) is 0 Å². The largest absolute Gasteiger partial charge is 0.381 e. The molecule has 0 aliphatic heterocycles. The van der Waals surface area contributed by atoms with Gasteiger partial charge in [-0.2, -0.15) is 0 Å². The summed E-state index contributed by atoms with van der Waals surface area (Å²) < 4.78 is 13.1. The highest BCUT2D eigenvalue weighted by molar-refractivity contribution is 5.46. The van der Waals surface area contributed by atoms with Gasteiger partial charge in [-0.1, -0.05) is 31.2 Å². The molecule has 0 aliphatic carbocycles. The minimum absolute atomic E-state index is 0.159. The van der Waals surface area contributed by atoms with Crippen molar-refractivity contribution in [3.63, 3.8) is 0 Å². The SMILES string of the molecule is CCc1ccc(CNc2ccc(F)c(C)c2)cc1. The number of anilines is 1. The van der Waals surface area contributed by atoms with E-state index in [-0.39, 0.29) is 5.82 Å². The van der Waals surface area contributed by atoms with Crippen molar-refractivity contribution in [2.75, 3.05) is 5.32 Å². The van der Waals surface area contributed by atoms with Crippen molar-refractivity contribution < 1.29 is 4.39 Å². The van der Waals surface area contributed by atoms with E-state index < -0.39 is 0 Å². The summed E-state index contributed by atoms with van der Waals surface area (Å²) in [6.45, 7) is 4.68. The molecule has 2 rings (SSSR count). The van der Waals surface area contributed by atoms with Gasteiger partial charge in [0.05, 0.1) is 0 Å². The van der Waals surface area contributed by atoms with E-state index >= 15 is 0 Å². The van der Waals surface area contributed by atoms with Crippen molar-refractivity contribution in [1.82, 2.24) is 0 Å². The van der Waals surface area contributed by atoms with Gasteiger partial charge in [0, 0.05) is 12.2 Å². The lowest BCUT2D eigenvalue weighted by molar-refractivity contribution is 0.618. The maximum atomic E-state index is 13.1. The van der Waals surface area contributed by atoms with E-state index in [4.69, 9.17) is 0 Å². The van der Waals surface area contributed by atoms with Crippen LogP contribution >= 0.6 is 0 Å². The van der Waals surface area contributed by atoms with E-state index in [0.717, 1.165) is 18.7 Å². The quantitative estimate of drug-likeness (QED) is 0.843. The summed E-state index contributed by atoms with van der Waals surface area (Å²) >= 11 is 0. The summed E-state index contributed by atoms with van der Waals surface area (Å²) in [5.74, 6) is -0.159. The molecule has 1 N–H and O–H groups in total. The van der Waals surface area contributed by atoms with Crippen molar-refractivity contribution in [3.8, 4) is 0 Å². The second-order valence-corrected chi connectivity index (χ2v) is 4.49. The Morgan fingerprint density at radius 3 is 2.28 bits per heavy atom. The van der Waals surface area contributed by atoms with Gasteiger partial charge in [-0.25, -0.2) is 4.39 Å². The van der Waals surface area contributed by atoms with Crippen molar-refractivity contribution in [2.45, 2.75) is 26.8 Å². The molecular formula is C16H18FN. The summed E-state index contributed by atoms with van der Waals surface area (Å²) in [5, 5.41) is 3.30. The monoisotopic (exact) mass is 243 g/mol. The van der Waals surface area contributed by atoms with Gasteiger partial charge in [-0.05, 0) is 48.2 Å². The zero-order chi connectivity index (χ0) is 13.0. The van der Waals surface area contributed by atoms with Gasteiger partial charge in [0.2, 0.25) is 0 Å². The predicted octanol–water partition coefficient (Wildman–Crippen LogP) is 4.31. The molecule has 0 fully saturated rings. The molecule has 0 amide bonds. The smallest absolute Gasteiger partial charge is 0.126 e. The molecule has 18 heavy (non-hydrogen) atoms. The van der Waals surface area contributed by atoms with Crippen LogP contribution in [-0.2, 0) is 13.0 Å². The van der Waals surface area contributed by atoms with Crippen LogP contribution in [0, 0.1) is 12.7 Å². The van der Waals surface area contributed by atoms with Gasteiger partial charge >= 0.3 is 0 Å². The van der Waals surface area contributed by atoms with Crippen LogP contribution in [-0.4, -0.2) is 0 Å². The first-order valence-electron chi connectivity index (χ1n) is 6.27. The van der Waals surface area contributed by atoms with Gasteiger partial charge < -0.3 is 5.32 Å². The molecule has 94 valence electrons.